The van der Waals surface area contributed by atoms with E-state index in [1.807, 2.05) is 32.0 Å². The molecule has 0 heterocycles. The van der Waals surface area contributed by atoms with Gasteiger partial charge in [-0.3, -0.25) is 9.59 Å². The maximum atomic E-state index is 12.2. The van der Waals surface area contributed by atoms with Crippen molar-refractivity contribution in [3.63, 3.8) is 0 Å². The zero-order valence-electron chi connectivity index (χ0n) is 16.4. The highest BCUT2D eigenvalue weighted by Crippen LogP contribution is 2.19. The first-order chi connectivity index (χ1) is 12.0. The quantitative estimate of drug-likeness (QED) is 0.813. The molecule has 0 saturated heterocycles. The highest BCUT2D eigenvalue weighted by atomic mass is 16.6. The molecule has 0 radical (unpaired) electrons. The van der Waals surface area contributed by atoms with Crippen LogP contribution < -0.4 is 10.6 Å². The zero-order valence-corrected chi connectivity index (χ0v) is 16.4. The number of likely N-dealkylation sites (N-methyl/N-ethyl adjacent to an activating group) is 1. The molecule has 0 aromatic heterocycles. The Kier molecular flexibility index (Phi) is 7.61. The summed E-state index contributed by atoms with van der Waals surface area (Å²) in [5.41, 5.74) is 2.11. The van der Waals surface area contributed by atoms with Crippen LogP contribution >= 0.6 is 0 Å². The van der Waals surface area contributed by atoms with Crippen LogP contribution in [0.5, 0.6) is 0 Å². The molecule has 26 heavy (non-hydrogen) atoms. The van der Waals surface area contributed by atoms with Gasteiger partial charge in [0.05, 0.1) is 6.54 Å². The van der Waals surface area contributed by atoms with Crippen LogP contribution in [0.25, 0.3) is 0 Å². The first kappa shape index (κ1) is 21.5. The average Bonchev–Trinajstić information content (AvgIpc) is 2.49. The largest absolute Gasteiger partial charge is 0.444 e. The van der Waals surface area contributed by atoms with Crippen LogP contribution in [0.15, 0.2) is 18.2 Å². The summed E-state index contributed by atoms with van der Waals surface area (Å²) in [4.78, 5) is 37.1. The van der Waals surface area contributed by atoms with Gasteiger partial charge in [-0.25, -0.2) is 4.79 Å². The molecule has 144 valence electrons. The van der Waals surface area contributed by atoms with E-state index in [1.54, 1.807) is 27.8 Å². The van der Waals surface area contributed by atoms with Gasteiger partial charge in [-0.2, -0.15) is 0 Å². The summed E-state index contributed by atoms with van der Waals surface area (Å²) in [6.45, 7) is 9.22. The van der Waals surface area contributed by atoms with E-state index < -0.39 is 11.7 Å². The Morgan fingerprint density at radius 3 is 2.23 bits per heavy atom. The third-order valence-corrected chi connectivity index (χ3v) is 3.56. The van der Waals surface area contributed by atoms with Crippen LogP contribution in [0, 0.1) is 13.8 Å². The molecule has 1 aromatic rings. The summed E-state index contributed by atoms with van der Waals surface area (Å²) in [6, 6.07) is 5.76. The third kappa shape index (κ3) is 7.55. The van der Waals surface area contributed by atoms with Gasteiger partial charge >= 0.3 is 6.09 Å². The van der Waals surface area contributed by atoms with Crippen molar-refractivity contribution >= 4 is 23.6 Å². The number of carbonyl (C=O) groups excluding carboxylic acids is 3. The van der Waals surface area contributed by atoms with Crippen molar-refractivity contribution in [3.05, 3.63) is 29.3 Å². The van der Waals surface area contributed by atoms with Crippen molar-refractivity contribution in [2.75, 3.05) is 25.5 Å². The molecule has 0 aliphatic carbocycles. The molecule has 1 rings (SSSR count). The molecule has 0 spiro atoms. The normalized spacial score (nSPS) is 10.8. The molecule has 1 aromatic carbocycles. The summed E-state index contributed by atoms with van der Waals surface area (Å²) in [5, 5.41) is 5.37. The smallest absolute Gasteiger partial charge is 0.407 e. The number of hydrogen-bond donors (Lipinski definition) is 2. The minimum Gasteiger partial charge on any atom is -0.444 e. The number of benzene rings is 1. The van der Waals surface area contributed by atoms with Crippen molar-refractivity contribution in [2.24, 2.45) is 0 Å². The number of ether oxygens (including phenoxy) is 1. The molecule has 0 saturated carbocycles. The number of anilines is 1. The van der Waals surface area contributed by atoms with E-state index in [-0.39, 0.29) is 31.3 Å². The maximum absolute atomic E-state index is 12.2. The van der Waals surface area contributed by atoms with Crippen LogP contribution in [0.1, 0.15) is 38.3 Å². The SMILES string of the molecule is Cc1cccc(C)c1NC(=O)CN(C)C(=O)CCNC(=O)OC(C)(C)C. The number of carbonyl (C=O) groups is 3. The van der Waals surface area contributed by atoms with Gasteiger partial charge in [-0.1, -0.05) is 18.2 Å². The second-order valence-corrected chi connectivity index (χ2v) is 7.24. The topological polar surface area (TPSA) is 87.7 Å². The van der Waals surface area contributed by atoms with E-state index in [9.17, 15) is 14.4 Å². The summed E-state index contributed by atoms with van der Waals surface area (Å²) in [6.07, 6.45) is -0.479. The number of hydrogen-bond acceptors (Lipinski definition) is 4. The van der Waals surface area contributed by atoms with Crippen LogP contribution in [-0.2, 0) is 14.3 Å². The second kappa shape index (κ2) is 9.22. The zero-order chi connectivity index (χ0) is 19.9. The second-order valence-electron chi connectivity index (χ2n) is 7.24. The lowest BCUT2D eigenvalue weighted by Gasteiger charge is -2.20. The summed E-state index contributed by atoms with van der Waals surface area (Å²) in [5.74, 6) is -0.504. The van der Waals surface area contributed by atoms with Crippen molar-refractivity contribution < 1.29 is 19.1 Å². The lowest BCUT2D eigenvalue weighted by molar-refractivity contribution is -0.133. The van der Waals surface area contributed by atoms with Gasteiger partial charge < -0.3 is 20.3 Å². The predicted octanol–water partition coefficient (Wildman–Crippen LogP) is 2.62. The van der Waals surface area contributed by atoms with Gasteiger partial charge in [0.1, 0.15) is 5.60 Å². The van der Waals surface area contributed by atoms with E-state index in [0.717, 1.165) is 16.8 Å². The molecule has 0 aliphatic heterocycles. The monoisotopic (exact) mass is 363 g/mol. The number of nitrogens with one attached hydrogen (secondary N) is 2. The Balaban J connectivity index is 2.42. The van der Waals surface area contributed by atoms with E-state index >= 15 is 0 Å². The lowest BCUT2D eigenvalue weighted by Crippen LogP contribution is -2.38. The number of rotatable bonds is 6. The van der Waals surface area contributed by atoms with Crippen molar-refractivity contribution in [1.29, 1.82) is 0 Å². The Morgan fingerprint density at radius 2 is 1.69 bits per heavy atom. The van der Waals surface area contributed by atoms with E-state index in [0.29, 0.717) is 0 Å². The van der Waals surface area contributed by atoms with E-state index in [2.05, 4.69) is 10.6 Å². The molecule has 0 fully saturated rings. The third-order valence-electron chi connectivity index (χ3n) is 3.56. The van der Waals surface area contributed by atoms with Crippen LogP contribution in [0.2, 0.25) is 0 Å². The first-order valence-electron chi connectivity index (χ1n) is 8.56. The van der Waals surface area contributed by atoms with Crippen LogP contribution in [-0.4, -0.2) is 48.5 Å². The van der Waals surface area contributed by atoms with Crippen molar-refractivity contribution in [3.8, 4) is 0 Å². The minimum absolute atomic E-state index is 0.0565. The fourth-order valence-corrected chi connectivity index (χ4v) is 2.27. The van der Waals surface area contributed by atoms with Gasteiger partial charge in [-0.15, -0.1) is 0 Å². The molecule has 0 atom stereocenters. The number of alkyl carbamates (subject to hydrolysis) is 1. The van der Waals surface area contributed by atoms with Gasteiger partial charge in [0.25, 0.3) is 0 Å². The van der Waals surface area contributed by atoms with Crippen molar-refractivity contribution in [1.82, 2.24) is 10.2 Å². The predicted molar refractivity (Wildman–Crippen MR) is 101 cm³/mol. The highest BCUT2D eigenvalue weighted by Gasteiger charge is 2.17. The first-order valence-corrected chi connectivity index (χ1v) is 8.56. The number of aryl methyl sites for hydroxylation is 2. The Hall–Kier alpha value is -2.57. The van der Waals surface area contributed by atoms with Crippen LogP contribution in [0.3, 0.4) is 0 Å². The molecule has 0 bridgehead atoms. The fourth-order valence-electron chi connectivity index (χ4n) is 2.27. The van der Waals surface area contributed by atoms with Gasteiger partial charge in [0.2, 0.25) is 11.8 Å². The molecule has 7 nitrogen and oxygen atoms in total. The van der Waals surface area contributed by atoms with E-state index in [1.165, 1.54) is 4.90 Å². The number of nitrogens with zero attached hydrogens (tertiary/aromatic N) is 1. The highest BCUT2D eigenvalue weighted by molar-refractivity contribution is 5.95. The van der Waals surface area contributed by atoms with E-state index in [4.69, 9.17) is 4.74 Å². The lowest BCUT2D eigenvalue weighted by atomic mass is 10.1. The summed E-state index contributed by atoms with van der Waals surface area (Å²) >= 11 is 0. The number of amides is 3. The van der Waals surface area contributed by atoms with Crippen molar-refractivity contribution in [2.45, 2.75) is 46.6 Å². The molecule has 0 unspecified atom stereocenters. The van der Waals surface area contributed by atoms with Gasteiger partial charge in [0, 0.05) is 25.7 Å². The molecular formula is C19H29N3O4. The standard InChI is InChI=1S/C19H29N3O4/c1-13-8-7-9-14(2)17(13)21-15(23)12-22(6)16(24)10-11-20-18(25)26-19(3,4)5/h7-9H,10-12H2,1-6H3,(H,20,25)(H,21,23). The van der Waals surface area contributed by atoms with Gasteiger partial charge in [-0.05, 0) is 45.7 Å². The Bertz CT molecular complexity index is 645. The molecule has 7 heteroatoms. The average molecular weight is 363 g/mol. The Labute approximate surface area is 155 Å². The summed E-state index contributed by atoms with van der Waals surface area (Å²) < 4.78 is 5.09. The molecule has 0 aliphatic rings. The fraction of sp³-hybridized carbons (Fsp3) is 0.526. The summed E-state index contributed by atoms with van der Waals surface area (Å²) in [7, 11) is 1.56. The Morgan fingerprint density at radius 1 is 1.12 bits per heavy atom. The van der Waals surface area contributed by atoms with Crippen LogP contribution in [0.4, 0.5) is 10.5 Å². The molecule has 2 N–H and O–H groups in total. The minimum atomic E-state index is -0.587. The maximum Gasteiger partial charge on any atom is 0.407 e. The van der Waals surface area contributed by atoms with Gasteiger partial charge in [0.15, 0.2) is 0 Å². The number of para-hydroxylation sites is 1. The molecular weight excluding hydrogens is 334 g/mol. The molecule has 3 amide bonds.